The fourth-order valence-corrected chi connectivity index (χ4v) is 3.63. The van der Waals surface area contributed by atoms with Crippen LogP contribution >= 0.6 is 0 Å². The zero-order valence-corrected chi connectivity index (χ0v) is 20.4. The second kappa shape index (κ2) is 12.7. The van der Waals surface area contributed by atoms with Crippen LogP contribution in [0.3, 0.4) is 0 Å². The molecule has 5 nitrogen and oxygen atoms in total. The van der Waals surface area contributed by atoms with Crippen molar-refractivity contribution < 1.29 is 28.2 Å². The van der Waals surface area contributed by atoms with Gasteiger partial charge in [0.25, 0.3) is 0 Å². The summed E-state index contributed by atoms with van der Waals surface area (Å²) in [6.45, 7) is 4.04. The minimum absolute atomic E-state index is 0.166. The highest BCUT2D eigenvalue weighted by Gasteiger charge is 2.17. The zero-order valence-electron chi connectivity index (χ0n) is 20.4. The van der Waals surface area contributed by atoms with E-state index in [1.807, 2.05) is 19.1 Å². The second-order valence-electron chi connectivity index (χ2n) is 8.40. The normalized spacial score (nSPS) is 11.5. The first-order chi connectivity index (χ1) is 16.9. The lowest BCUT2D eigenvalue weighted by Gasteiger charge is -2.13. The van der Waals surface area contributed by atoms with Gasteiger partial charge in [-0.2, -0.15) is 0 Å². The van der Waals surface area contributed by atoms with Gasteiger partial charge in [0.15, 0.2) is 0 Å². The van der Waals surface area contributed by atoms with E-state index in [4.69, 9.17) is 14.2 Å². The smallest absolute Gasteiger partial charge is 0.346 e. The maximum atomic E-state index is 14.7. The van der Waals surface area contributed by atoms with Gasteiger partial charge in [-0.05, 0) is 79.4 Å². The molecule has 0 aromatic heterocycles. The molecule has 0 fully saturated rings. The lowest BCUT2D eigenvalue weighted by Crippen LogP contribution is -2.15. The molecule has 35 heavy (non-hydrogen) atoms. The summed E-state index contributed by atoms with van der Waals surface area (Å²) in [7, 11) is 1.57. The minimum Gasteiger partial charge on any atom is -0.497 e. The Labute approximate surface area is 205 Å². The van der Waals surface area contributed by atoms with Gasteiger partial charge in [-0.15, -0.1) is 0 Å². The number of hydrogen-bond acceptors (Lipinski definition) is 5. The lowest BCUT2D eigenvalue weighted by molar-refractivity contribution is 0.0319. The van der Waals surface area contributed by atoms with E-state index in [1.54, 1.807) is 25.3 Å². The van der Waals surface area contributed by atoms with Crippen LogP contribution in [0.5, 0.6) is 11.5 Å². The molecular weight excluding hydrogens is 447 g/mol. The minimum atomic E-state index is -0.820. The molecule has 0 bridgehead atoms. The SMILES string of the molecule is CCCCCCC(C)OC(=O)c1ccc(OC(=O)c2ccc(-c3ccc(OC)cc3)cc2F)cc1. The highest BCUT2D eigenvalue weighted by Crippen LogP contribution is 2.25. The van der Waals surface area contributed by atoms with Gasteiger partial charge in [-0.25, -0.2) is 14.0 Å². The van der Waals surface area contributed by atoms with Crippen molar-refractivity contribution in [1.29, 1.82) is 0 Å². The van der Waals surface area contributed by atoms with Crippen LogP contribution < -0.4 is 9.47 Å². The predicted molar refractivity (Wildman–Crippen MR) is 133 cm³/mol. The van der Waals surface area contributed by atoms with Crippen LogP contribution in [0.4, 0.5) is 4.39 Å². The first-order valence-electron chi connectivity index (χ1n) is 11.9. The van der Waals surface area contributed by atoms with E-state index < -0.39 is 17.8 Å². The summed E-state index contributed by atoms with van der Waals surface area (Å²) in [6.07, 6.45) is 5.15. The third-order valence-electron chi connectivity index (χ3n) is 5.69. The summed E-state index contributed by atoms with van der Waals surface area (Å²) in [6, 6.07) is 17.6. The van der Waals surface area contributed by atoms with Gasteiger partial charge in [0, 0.05) is 0 Å². The van der Waals surface area contributed by atoms with E-state index in [9.17, 15) is 14.0 Å². The molecule has 0 N–H and O–H groups in total. The number of methoxy groups -OCH3 is 1. The van der Waals surface area contributed by atoms with Crippen molar-refractivity contribution in [3.63, 3.8) is 0 Å². The lowest BCUT2D eigenvalue weighted by atomic mass is 10.0. The van der Waals surface area contributed by atoms with E-state index in [2.05, 4.69) is 6.92 Å². The van der Waals surface area contributed by atoms with Gasteiger partial charge in [-0.1, -0.05) is 44.4 Å². The van der Waals surface area contributed by atoms with Crippen LogP contribution in [0.1, 0.15) is 66.7 Å². The van der Waals surface area contributed by atoms with Crippen molar-refractivity contribution in [3.05, 3.63) is 83.7 Å². The molecule has 184 valence electrons. The number of rotatable bonds is 11. The molecular formula is C29H31FO5. The fraction of sp³-hybridized carbons (Fsp3) is 0.310. The number of carbonyl (C=O) groups is 2. The topological polar surface area (TPSA) is 61.8 Å². The second-order valence-corrected chi connectivity index (χ2v) is 8.40. The van der Waals surface area contributed by atoms with E-state index in [1.165, 1.54) is 42.8 Å². The summed E-state index contributed by atoms with van der Waals surface area (Å²) in [5.74, 6) is -1.02. The van der Waals surface area contributed by atoms with Crippen molar-refractivity contribution in [2.24, 2.45) is 0 Å². The summed E-state index contributed by atoms with van der Waals surface area (Å²) < 4.78 is 30.6. The predicted octanol–water partition coefficient (Wildman–Crippen LogP) is 7.24. The molecule has 3 aromatic carbocycles. The van der Waals surface area contributed by atoms with Crippen LogP contribution in [0, 0.1) is 5.82 Å². The van der Waals surface area contributed by atoms with Crippen molar-refractivity contribution in [2.45, 2.75) is 52.1 Å². The molecule has 0 spiro atoms. The Morgan fingerprint density at radius 2 is 1.49 bits per heavy atom. The van der Waals surface area contributed by atoms with Crippen LogP contribution in [0.15, 0.2) is 66.7 Å². The Balaban J connectivity index is 1.58. The maximum Gasteiger partial charge on any atom is 0.346 e. The standard InChI is InChI=1S/C29H31FO5/c1-4-5-6-7-8-20(2)34-28(31)22-11-16-25(17-12-22)35-29(32)26-18-13-23(19-27(26)30)21-9-14-24(33-3)15-10-21/h9-20H,4-8H2,1-3H3. The molecule has 0 radical (unpaired) electrons. The molecule has 0 heterocycles. The summed E-state index contributed by atoms with van der Waals surface area (Å²) >= 11 is 0. The Hall–Kier alpha value is -3.67. The Kier molecular flexibility index (Phi) is 9.41. The first-order valence-corrected chi connectivity index (χ1v) is 11.9. The maximum absolute atomic E-state index is 14.7. The van der Waals surface area contributed by atoms with Gasteiger partial charge in [0.2, 0.25) is 0 Å². The number of carbonyl (C=O) groups excluding carboxylic acids is 2. The van der Waals surface area contributed by atoms with E-state index in [0.717, 1.165) is 31.2 Å². The number of esters is 2. The molecule has 0 aliphatic rings. The van der Waals surface area contributed by atoms with Crippen LogP contribution in [-0.4, -0.2) is 25.2 Å². The molecule has 0 saturated heterocycles. The van der Waals surface area contributed by atoms with Crippen molar-refractivity contribution in [1.82, 2.24) is 0 Å². The van der Waals surface area contributed by atoms with Gasteiger partial charge in [0.1, 0.15) is 17.3 Å². The molecule has 1 unspecified atom stereocenters. The van der Waals surface area contributed by atoms with Crippen LogP contribution in [0.2, 0.25) is 0 Å². The van der Waals surface area contributed by atoms with Crippen molar-refractivity contribution >= 4 is 11.9 Å². The Morgan fingerprint density at radius 1 is 0.829 bits per heavy atom. The zero-order chi connectivity index (χ0) is 25.2. The van der Waals surface area contributed by atoms with E-state index in [-0.39, 0.29) is 17.4 Å². The molecule has 3 aromatic rings. The third-order valence-corrected chi connectivity index (χ3v) is 5.69. The number of hydrogen-bond donors (Lipinski definition) is 0. The summed E-state index contributed by atoms with van der Waals surface area (Å²) in [4.78, 5) is 24.8. The van der Waals surface area contributed by atoms with Crippen LogP contribution in [-0.2, 0) is 4.74 Å². The van der Waals surface area contributed by atoms with E-state index >= 15 is 0 Å². The molecule has 1 atom stereocenters. The van der Waals surface area contributed by atoms with Gasteiger partial charge < -0.3 is 14.2 Å². The van der Waals surface area contributed by atoms with Crippen molar-refractivity contribution in [3.8, 4) is 22.6 Å². The van der Waals surface area contributed by atoms with Gasteiger partial charge in [0.05, 0.1) is 24.3 Å². The number of unbranched alkanes of at least 4 members (excludes halogenated alkanes) is 3. The molecule has 0 aliphatic heterocycles. The highest BCUT2D eigenvalue weighted by molar-refractivity contribution is 5.92. The molecule has 0 aliphatic carbocycles. The van der Waals surface area contributed by atoms with Gasteiger partial charge >= 0.3 is 11.9 Å². The van der Waals surface area contributed by atoms with Crippen LogP contribution in [0.25, 0.3) is 11.1 Å². The largest absolute Gasteiger partial charge is 0.497 e. The number of ether oxygens (including phenoxy) is 3. The fourth-order valence-electron chi connectivity index (χ4n) is 3.63. The molecule has 0 saturated carbocycles. The van der Waals surface area contributed by atoms with Gasteiger partial charge in [-0.3, -0.25) is 0 Å². The molecule has 0 amide bonds. The Morgan fingerprint density at radius 3 is 2.11 bits per heavy atom. The molecule has 6 heteroatoms. The monoisotopic (exact) mass is 478 g/mol. The van der Waals surface area contributed by atoms with E-state index in [0.29, 0.717) is 16.9 Å². The highest BCUT2D eigenvalue weighted by atomic mass is 19.1. The Bertz CT molecular complexity index is 1120. The number of benzene rings is 3. The number of halogens is 1. The summed E-state index contributed by atoms with van der Waals surface area (Å²) in [5.41, 5.74) is 1.61. The van der Waals surface area contributed by atoms with Crippen molar-refractivity contribution in [2.75, 3.05) is 7.11 Å². The summed E-state index contributed by atoms with van der Waals surface area (Å²) in [5, 5.41) is 0. The quantitative estimate of drug-likeness (QED) is 0.165. The molecule has 3 rings (SSSR count). The third kappa shape index (κ3) is 7.41. The average molecular weight is 479 g/mol. The average Bonchev–Trinajstić information content (AvgIpc) is 2.87. The first kappa shape index (κ1) is 25.9.